The Hall–Kier alpha value is -2.34. The molecule has 0 aliphatic carbocycles. The summed E-state index contributed by atoms with van der Waals surface area (Å²) in [5.74, 6) is 0. The molecule has 0 aromatic heterocycles. The van der Waals surface area contributed by atoms with Crippen LogP contribution in [0.2, 0.25) is 0 Å². The van der Waals surface area contributed by atoms with Crippen molar-refractivity contribution in [3.05, 3.63) is 121 Å². The summed E-state index contributed by atoms with van der Waals surface area (Å²) >= 11 is 0. The van der Waals surface area contributed by atoms with E-state index in [1.54, 1.807) is 0 Å². The number of rotatable bonds is 8. The first-order chi connectivity index (χ1) is 17.7. The van der Waals surface area contributed by atoms with E-state index in [0.29, 0.717) is 0 Å². The van der Waals surface area contributed by atoms with Gasteiger partial charge in [0.05, 0.1) is 24.4 Å². The Morgan fingerprint density at radius 2 is 0.694 bits per heavy atom. The highest BCUT2D eigenvalue weighted by molar-refractivity contribution is 7.73. The Morgan fingerprint density at radius 1 is 0.444 bits per heavy atom. The quantitative estimate of drug-likeness (QED) is 0.277. The first-order valence-electron chi connectivity index (χ1n) is 12.8. The van der Waals surface area contributed by atoms with Gasteiger partial charge in [-0.3, -0.25) is 0 Å². The van der Waals surface area contributed by atoms with Crippen LogP contribution >= 0.6 is 15.8 Å². The highest BCUT2D eigenvalue weighted by Crippen LogP contribution is 2.42. The highest BCUT2D eigenvalue weighted by Gasteiger charge is 2.38. The third kappa shape index (κ3) is 6.13. The van der Waals surface area contributed by atoms with Crippen molar-refractivity contribution in [2.75, 3.05) is 12.3 Å². The molecule has 1 aliphatic heterocycles. The second-order valence-electron chi connectivity index (χ2n) is 9.32. The van der Waals surface area contributed by atoms with Crippen LogP contribution in [0.3, 0.4) is 0 Å². The Bertz CT molecular complexity index is 1010. The van der Waals surface area contributed by atoms with Gasteiger partial charge in [-0.1, -0.05) is 121 Å². The molecule has 0 unspecified atom stereocenters. The van der Waals surface area contributed by atoms with Crippen LogP contribution in [-0.2, 0) is 9.47 Å². The van der Waals surface area contributed by atoms with Gasteiger partial charge in [-0.05, 0) is 50.9 Å². The summed E-state index contributed by atoms with van der Waals surface area (Å²) in [7, 11) is -1.13. The average Bonchev–Trinajstić information content (AvgIpc) is 2.94. The summed E-state index contributed by atoms with van der Waals surface area (Å²) in [6.07, 6.45) is 2.15. The standard InChI is InChI=1S/C32H34O2P2/c1-25-26(2)34-32(24-36(29-19-11-5-12-20-29)30-21-13-6-14-22-30)31(33-25)23-35(27-15-7-3-8-16-27)28-17-9-4-10-18-28/h3-22,25-26,31-32H,23-24H2,1-2H3/t25-,26-,31+,32+/m1/s1. The minimum absolute atomic E-state index is 0.0418. The molecule has 0 radical (unpaired) electrons. The molecule has 4 heteroatoms. The van der Waals surface area contributed by atoms with E-state index in [1.807, 2.05) is 0 Å². The van der Waals surface area contributed by atoms with Gasteiger partial charge in [0.15, 0.2) is 0 Å². The van der Waals surface area contributed by atoms with E-state index in [1.165, 1.54) is 21.2 Å². The molecule has 1 heterocycles. The lowest BCUT2D eigenvalue weighted by molar-refractivity contribution is -0.194. The second kappa shape index (κ2) is 12.3. The van der Waals surface area contributed by atoms with Gasteiger partial charge < -0.3 is 9.47 Å². The third-order valence-electron chi connectivity index (χ3n) is 6.85. The van der Waals surface area contributed by atoms with Crippen LogP contribution in [-0.4, -0.2) is 36.7 Å². The molecule has 2 nitrogen and oxygen atoms in total. The average molecular weight is 513 g/mol. The van der Waals surface area contributed by atoms with Gasteiger partial charge >= 0.3 is 0 Å². The molecule has 4 aromatic carbocycles. The zero-order valence-corrected chi connectivity index (χ0v) is 22.8. The van der Waals surface area contributed by atoms with E-state index in [2.05, 4.69) is 135 Å². The lowest BCUT2D eigenvalue weighted by atomic mass is 10.1. The predicted octanol–water partition coefficient (Wildman–Crippen LogP) is 5.81. The van der Waals surface area contributed by atoms with Crippen molar-refractivity contribution in [3.63, 3.8) is 0 Å². The number of hydrogen-bond donors (Lipinski definition) is 0. The minimum atomic E-state index is -0.565. The molecule has 5 rings (SSSR count). The topological polar surface area (TPSA) is 18.5 Å². The zero-order chi connectivity index (χ0) is 24.7. The molecule has 4 atom stereocenters. The zero-order valence-electron chi connectivity index (χ0n) is 21.0. The molecular weight excluding hydrogens is 478 g/mol. The van der Waals surface area contributed by atoms with Crippen LogP contribution in [0.5, 0.6) is 0 Å². The molecule has 0 N–H and O–H groups in total. The molecule has 184 valence electrons. The van der Waals surface area contributed by atoms with Crippen molar-refractivity contribution in [2.45, 2.75) is 38.3 Å². The fraction of sp³-hybridized carbons (Fsp3) is 0.250. The molecule has 0 spiro atoms. The van der Waals surface area contributed by atoms with Crippen LogP contribution in [0.4, 0.5) is 0 Å². The van der Waals surface area contributed by atoms with E-state index in [4.69, 9.17) is 9.47 Å². The van der Waals surface area contributed by atoms with Crippen LogP contribution < -0.4 is 21.2 Å². The fourth-order valence-corrected chi connectivity index (χ4v) is 9.71. The molecule has 0 amide bonds. The maximum absolute atomic E-state index is 6.76. The summed E-state index contributed by atoms with van der Waals surface area (Å²) < 4.78 is 13.5. The lowest BCUT2D eigenvalue weighted by Crippen LogP contribution is -2.50. The van der Waals surface area contributed by atoms with Gasteiger partial charge in [-0.25, -0.2) is 0 Å². The number of benzene rings is 4. The molecule has 4 aromatic rings. The highest BCUT2D eigenvalue weighted by atomic mass is 31.1. The minimum Gasteiger partial charge on any atom is -0.369 e. The Balaban J connectivity index is 1.47. The number of hydrogen-bond acceptors (Lipinski definition) is 2. The Labute approximate surface area is 218 Å². The largest absolute Gasteiger partial charge is 0.369 e. The van der Waals surface area contributed by atoms with Crippen LogP contribution in [0.15, 0.2) is 121 Å². The van der Waals surface area contributed by atoms with Crippen molar-refractivity contribution >= 4 is 37.1 Å². The van der Waals surface area contributed by atoms with Crippen molar-refractivity contribution in [3.8, 4) is 0 Å². The van der Waals surface area contributed by atoms with Gasteiger partial charge in [-0.2, -0.15) is 0 Å². The van der Waals surface area contributed by atoms with Gasteiger partial charge in [0.2, 0.25) is 0 Å². The first-order valence-corrected chi connectivity index (χ1v) is 15.8. The van der Waals surface area contributed by atoms with Gasteiger partial charge in [0, 0.05) is 12.3 Å². The molecule has 36 heavy (non-hydrogen) atoms. The van der Waals surface area contributed by atoms with Gasteiger partial charge in [0.1, 0.15) is 0 Å². The van der Waals surface area contributed by atoms with E-state index in [9.17, 15) is 0 Å². The summed E-state index contributed by atoms with van der Waals surface area (Å²) in [5.41, 5.74) is 0. The molecule has 0 saturated carbocycles. The van der Waals surface area contributed by atoms with Crippen molar-refractivity contribution in [1.29, 1.82) is 0 Å². The van der Waals surface area contributed by atoms with E-state index in [-0.39, 0.29) is 24.4 Å². The first kappa shape index (κ1) is 25.3. The smallest absolute Gasteiger partial charge is 0.0890 e. The molecule has 1 aliphatic rings. The third-order valence-corrected chi connectivity index (χ3v) is 12.0. The summed E-state index contributed by atoms with van der Waals surface area (Å²) in [4.78, 5) is 0. The van der Waals surface area contributed by atoms with E-state index < -0.39 is 15.8 Å². The van der Waals surface area contributed by atoms with E-state index in [0.717, 1.165) is 12.3 Å². The summed E-state index contributed by atoms with van der Waals surface area (Å²) in [6.45, 7) is 4.30. The molecule has 1 fully saturated rings. The monoisotopic (exact) mass is 512 g/mol. The SMILES string of the molecule is C[C@H]1O[C@@H](CP(c2ccccc2)c2ccccc2)[C@H](CP(c2ccccc2)c2ccccc2)O[C@@H]1C. The fourth-order valence-electron chi connectivity index (χ4n) is 4.78. The lowest BCUT2D eigenvalue weighted by Gasteiger charge is -2.42. The van der Waals surface area contributed by atoms with Gasteiger partial charge in [-0.15, -0.1) is 0 Å². The normalized spacial score (nSPS) is 22.1. The summed E-state index contributed by atoms with van der Waals surface area (Å²) in [6, 6.07) is 43.7. The van der Waals surface area contributed by atoms with Crippen molar-refractivity contribution in [1.82, 2.24) is 0 Å². The van der Waals surface area contributed by atoms with Crippen LogP contribution in [0.1, 0.15) is 13.8 Å². The van der Waals surface area contributed by atoms with Crippen LogP contribution in [0, 0.1) is 0 Å². The summed E-state index contributed by atoms with van der Waals surface area (Å²) in [5, 5.41) is 5.56. The van der Waals surface area contributed by atoms with Crippen LogP contribution in [0.25, 0.3) is 0 Å². The number of ether oxygens (including phenoxy) is 2. The van der Waals surface area contributed by atoms with Crippen molar-refractivity contribution in [2.24, 2.45) is 0 Å². The molecule has 0 bridgehead atoms. The Kier molecular flexibility index (Phi) is 8.63. The van der Waals surface area contributed by atoms with E-state index >= 15 is 0 Å². The van der Waals surface area contributed by atoms with Gasteiger partial charge in [0.25, 0.3) is 0 Å². The maximum atomic E-state index is 6.76. The predicted molar refractivity (Wildman–Crippen MR) is 157 cm³/mol. The molecular formula is C32H34O2P2. The van der Waals surface area contributed by atoms with Crippen molar-refractivity contribution < 1.29 is 9.47 Å². The maximum Gasteiger partial charge on any atom is 0.0890 e. The Morgan fingerprint density at radius 3 is 0.944 bits per heavy atom. The molecule has 1 saturated heterocycles. The second-order valence-corrected chi connectivity index (χ2v) is 13.8.